The van der Waals surface area contributed by atoms with E-state index in [-0.39, 0.29) is 5.91 Å². The van der Waals surface area contributed by atoms with Crippen molar-refractivity contribution < 1.29 is 4.79 Å². The van der Waals surface area contributed by atoms with E-state index in [4.69, 9.17) is 5.73 Å². The summed E-state index contributed by atoms with van der Waals surface area (Å²) in [5.74, 6) is 0.0793. The van der Waals surface area contributed by atoms with E-state index in [1.807, 2.05) is 13.8 Å². The molecule has 3 N–H and O–H groups in total. The first-order chi connectivity index (χ1) is 8.09. The lowest BCUT2D eigenvalue weighted by Crippen LogP contribution is -2.45. The van der Waals surface area contributed by atoms with Crippen molar-refractivity contribution in [2.45, 2.75) is 40.2 Å². The molecule has 0 saturated heterocycles. The van der Waals surface area contributed by atoms with Crippen molar-refractivity contribution in [2.75, 3.05) is 6.54 Å². The van der Waals surface area contributed by atoms with Gasteiger partial charge in [-0.2, -0.15) is 11.3 Å². The van der Waals surface area contributed by atoms with Crippen LogP contribution in [0.5, 0.6) is 0 Å². The smallest absolute Gasteiger partial charge is 0.227 e. The summed E-state index contributed by atoms with van der Waals surface area (Å²) >= 11 is 1.67. The van der Waals surface area contributed by atoms with Crippen LogP contribution in [0.4, 0.5) is 0 Å². The zero-order valence-corrected chi connectivity index (χ0v) is 11.7. The van der Waals surface area contributed by atoms with Crippen molar-refractivity contribution >= 4 is 17.2 Å². The molecule has 0 bridgehead atoms. The van der Waals surface area contributed by atoms with Gasteiger partial charge in [0.05, 0.1) is 5.41 Å². The van der Waals surface area contributed by atoms with Crippen molar-refractivity contribution in [2.24, 2.45) is 11.1 Å². The molecule has 0 aromatic carbocycles. The molecule has 0 radical (unpaired) electrons. The summed E-state index contributed by atoms with van der Waals surface area (Å²) in [6, 6.07) is 0. The first-order valence-electron chi connectivity index (χ1n) is 6.09. The maximum atomic E-state index is 12.2. The van der Waals surface area contributed by atoms with E-state index in [2.05, 4.69) is 23.0 Å². The molecule has 0 aliphatic carbocycles. The average Bonchev–Trinajstić information content (AvgIpc) is 2.75. The van der Waals surface area contributed by atoms with Crippen molar-refractivity contribution in [1.82, 2.24) is 5.32 Å². The van der Waals surface area contributed by atoms with Gasteiger partial charge < -0.3 is 11.1 Å². The molecular formula is C13H22N2OS. The second-order valence-corrected chi connectivity index (χ2v) is 5.20. The van der Waals surface area contributed by atoms with E-state index < -0.39 is 5.41 Å². The Hall–Kier alpha value is -0.870. The van der Waals surface area contributed by atoms with Crippen LogP contribution in [0.3, 0.4) is 0 Å². The lowest BCUT2D eigenvalue weighted by molar-refractivity contribution is -0.131. The average molecular weight is 254 g/mol. The lowest BCUT2D eigenvalue weighted by atomic mass is 9.81. The number of hydrogen-bond acceptors (Lipinski definition) is 3. The van der Waals surface area contributed by atoms with Crippen LogP contribution in [0.1, 0.15) is 37.8 Å². The van der Waals surface area contributed by atoms with Crippen LogP contribution in [0.25, 0.3) is 0 Å². The van der Waals surface area contributed by atoms with Gasteiger partial charge in [0.15, 0.2) is 0 Å². The van der Waals surface area contributed by atoms with Crippen LogP contribution in [0.2, 0.25) is 0 Å². The Kier molecular flexibility index (Phi) is 5.15. The summed E-state index contributed by atoms with van der Waals surface area (Å²) in [5.41, 5.74) is 7.78. The Balaban J connectivity index is 2.63. The molecule has 3 nitrogen and oxygen atoms in total. The van der Waals surface area contributed by atoms with Crippen LogP contribution in [-0.2, 0) is 11.3 Å². The van der Waals surface area contributed by atoms with Gasteiger partial charge >= 0.3 is 0 Å². The molecule has 0 aliphatic rings. The fourth-order valence-corrected chi connectivity index (χ4v) is 2.74. The first-order valence-corrected chi connectivity index (χ1v) is 7.04. The molecule has 0 atom stereocenters. The number of carbonyl (C=O) groups excluding carboxylic acids is 1. The minimum absolute atomic E-state index is 0.0793. The molecule has 1 rings (SSSR count). The molecule has 1 amide bonds. The molecule has 0 saturated carbocycles. The summed E-state index contributed by atoms with van der Waals surface area (Å²) in [6.45, 7) is 7.12. The second-order valence-electron chi connectivity index (χ2n) is 4.45. The molecule has 17 heavy (non-hydrogen) atoms. The van der Waals surface area contributed by atoms with Gasteiger partial charge in [-0.25, -0.2) is 0 Å². The molecule has 96 valence electrons. The third kappa shape index (κ3) is 3.07. The summed E-state index contributed by atoms with van der Waals surface area (Å²) in [7, 11) is 0. The number of nitrogens with two attached hydrogens (primary N) is 1. The molecule has 1 heterocycles. The largest absolute Gasteiger partial charge is 0.351 e. The Morgan fingerprint density at radius 3 is 2.47 bits per heavy atom. The fourth-order valence-electron chi connectivity index (χ4n) is 1.88. The maximum absolute atomic E-state index is 12.2. The molecule has 0 spiro atoms. The Labute approximate surface area is 107 Å². The standard InChI is InChI=1S/C13H22N2OS/c1-4-13(5-2,9-14)12(16)15-6-11-8-17-7-10(11)3/h7-8H,4-6,9,14H2,1-3H3,(H,15,16). The number of aryl methyl sites for hydroxylation is 1. The molecule has 1 aromatic heterocycles. The number of thiophene rings is 1. The van der Waals surface area contributed by atoms with E-state index in [9.17, 15) is 4.79 Å². The van der Waals surface area contributed by atoms with Crippen molar-refractivity contribution in [3.63, 3.8) is 0 Å². The van der Waals surface area contributed by atoms with Crippen LogP contribution < -0.4 is 11.1 Å². The molecule has 0 fully saturated rings. The third-order valence-corrected chi connectivity index (χ3v) is 4.54. The van der Waals surface area contributed by atoms with Gasteiger partial charge in [-0.1, -0.05) is 13.8 Å². The topological polar surface area (TPSA) is 55.1 Å². The van der Waals surface area contributed by atoms with Gasteiger partial charge in [0.2, 0.25) is 5.91 Å². The number of carbonyl (C=O) groups is 1. The number of nitrogens with one attached hydrogen (secondary N) is 1. The highest BCUT2D eigenvalue weighted by molar-refractivity contribution is 7.08. The summed E-state index contributed by atoms with van der Waals surface area (Å²) in [4.78, 5) is 12.2. The SMILES string of the molecule is CCC(CC)(CN)C(=O)NCc1cscc1C. The number of hydrogen-bond donors (Lipinski definition) is 2. The Morgan fingerprint density at radius 1 is 1.41 bits per heavy atom. The van der Waals surface area contributed by atoms with Gasteiger partial charge in [-0.15, -0.1) is 0 Å². The van der Waals surface area contributed by atoms with Gasteiger partial charge in [0.25, 0.3) is 0 Å². The monoisotopic (exact) mass is 254 g/mol. The summed E-state index contributed by atoms with van der Waals surface area (Å²) < 4.78 is 0. The van der Waals surface area contributed by atoms with E-state index in [0.717, 1.165) is 12.8 Å². The molecular weight excluding hydrogens is 232 g/mol. The highest BCUT2D eigenvalue weighted by Crippen LogP contribution is 2.25. The van der Waals surface area contributed by atoms with Crippen molar-refractivity contribution in [3.05, 3.63) is 21.9 Å². The normalized spacial score (nSPS) is 11.5. The van der Waals surface area contributed by atoms with Gasteiger partial charge in [0.1, 0.15) is 0 Å². The van der Waals surface area contributed by atoms with Crippen molar-refractivity contribution in [3.8, 4) is 0 Å². The number of rotatable bonds is 6. The predicted octanol–water partition coefficient (Wildman–Crippen LogP) is 2.44. The second kappa shape index (κ2) is 6.17. The fraction of sp³-hybridized carbons (Fsp3) is 0.615. The Morgan fingerprint density at radius 2 is 2.06 bits per heavy atom. The highest BCUT2D eigenvalue weighted by Gasteiger charge is 2.32. The predicted molar refractivity (Wildman–Crippen MR) is 73.0 cm³/mol. The first kappa shape index (κ1) is 14.2. The van der Waals surface area contributed by atoms with E-state index >= 15 is 0 Å². The van der Waals surface area contributed by atoms with Crippen LogP contribution in [0, 0.1) is 12.3 Å². The molecule has 4 heteroatoms. The Bertz CT molecular complexity index is 361. The zero-order chi connectivity index (χ0) is 12.9. The minimum Gasteiger partial charge on any atom is -0.351 e. The summed E-state index contributed by atoms with van der Waals surface area (Å²) in [6.07, 6.45) is 1.57. The molecule has 1 aromatic rings. The maximum Gasteiger partial charge on any atom is 0.227 e. The van der Waals surface area contributed by atoms with Gasteiger partial charge in [-0.3, -0.25) is 4.79 Å². The molecule has 0 aliphatic heterocycles. The lowest BCUT2D eigenvalue weighted by Gasteiger charge is -2.28. The van der Waals surface area contributed by atoms with E-state index in [1.54, 1.807) is 11.3 Å². The van der Waals surface area contributed by atoms with Gasteiger partial charge in [0, 0.05) is 13.1 Å². The molecule has 0 unspecified atom stereocenters. The van der Waals surface area contributed by atoms with Gasteiger partial charge in [-0.05, 0) is 41.7 Å². The van der Waals surface area contributed by atoms with Crippen LogP contribution in [-0.4, -0.2) is 12.5 Å². The highest BCUT2D eigenvalue weighted by atomic mass is 32.1. The number of amides is 1. The van der Waals surface area contributed by atoms with Crippen LogP contribution >= 0.6 is 11.3 Å². The van der Waals surface area contributed by atoms with Crippen molar-refractivity contribution in [1.29, 1.82) is 0 Å². The zero-order valence-electron chi connectivity index (χ0n) is 10.9. The third-order valence-electron chi connectivity index (χ3n) is 3.63. The quantitative estimate of drug-likeness (QED) is 0.819. The summed E-state index contributed by atoms with van der Waals surface area (Å²) in [5, 5.41) is 7.18. The van der Waals surface area contributed by atoms with E-state index in [0.29, 0.717) is 13.1 Å². The van der Waals surface area contributed by atoms with Crippen LogP contribution in [0.15, 0.2) is 10.8 Å². The van der Waals surface area contributed by atoms with E-state index in [1.165, 1.54) is 11.1 Å². The minimum atomic E-state index is -0.399.